The first-order valence-electron chi connectivity index (χ1n) is 6.32. The van der Waals surface area contributed by atoms with E-state index in [9.17, 15) is 9.79 Å². The molecular formula is C17H12O2P-. The lowest BCUT2D eigenvalue weighted by molar-refractivity contribution is -0.281. The third-order valence-corrected chi connectivity index (χ3v) is 4.04. The van der Waals surface area contributed by atoms with Gasteiger partial charge in [-0.1, -0.05) is 60.7 Å². The van der Waals surface area contributed by atoms with Gasteiger partial charge in [0.05, 0.1) is 0 Å². The molecule has 0 spiro atoms. The van der Waals surface area contributed by atoms with Crippen molar-refractivity contribution in [2.24, 2.45) is 0 Å². The van der Waals surface area contributed by atoms with Crippen LogP contribution in [0.3, 0.4) is 0 Å². The van der Waals surface area contributed by atoms with Crippen LogP contribution in [0.2, 0.25) is 0 Å². The van der Waals surface area contributed by atoms with Gasteiger partial charge in [0.2, 0.25) is 0 Å². The van der Waals surface area contributed by atoms with Gasteiger partial charge in [-0.25, -0.2) is 0 Å². The second-order valence-corrected chi connectivity index (χ2v) is 5.49. The van der Waals surface area contributed by atoms with Gasteiger partial charge in [-0.05, 0) is 28.9 Å². The van der Waals surface area contributed by atoms with Gasteiger partial charge in [0.25, 0.3) is 0 Å². The third kappa shape index (κ3) is 2.37. The van der Waals surface area contributed by atoms with E-state index < -0.39 is 8.00 Å². The number of hydrogen-bond donors (Lipinski definition) is 0. The largest absolute Gasteiger partial charge is 0.633 e. The Hall–Kier alpha value is -1.99. The van der Waals surface area contributed by atoms with E-state index in [0.29, 0.717) is 5.29 Å². The quantitative estimate of drug-likeness (QED) is 0.792. The standard InChI is InChI=1S/C17H13O2P/c18-20(19)16-12-11-15(13-7-3-1-4-8-13)17(16)14-9-5-2-6-10-14/h1-12H,(H,18,19)/p-1. The topological polar surface area (TPSA) is 46.1 Å². The minimum absolute atomic E-state index is 0.380. The molecule has 2 nitrogen and oxygen atoms in total. The molecule has 1 aliphatic rings. The van der Waals surface area contributed by atoms with Crippen LogP contribution in [0.1, 0.15) is 11.1 Å². The molecule has 0 atom stereocenters. The van der Waals surface area contributed by atoms with Gasteiger partial charge in [-0.3, -0.25) is 0 Å². The highest BCUT2D eigenvalue weighted by Crippen LogP contribution is 2.36. The van der Waals surface area contributed by atoms with Crippen molar-refractivity contribution in [1.82, 2.24) is 0 Å². The third-order valence-electron chi connectivity index (χ3n) is 3.28. The van der Waals surface area contributed by atoms with Crippen LogP contribution in [0.15, 0.2) is 72.8 Å². The molecular weight excluding hydrogens is 267 g/mol. The second kappa shape index (κ2) is 5.56. The molecule has 0 saturated carbocycles. The zero-order valence-corrected chi connectivity index (χ0v) is 11.6. The minimum Gasteiger partial charge on any atom is -0.633 e. The van der Waals surface area contributed by atoms with Crippen LogP contribution in [0.5, 0.6) is 0 Å². The Morgan fingerprint density at radius 1 is 0.650 bits per heavy atom. The molecule has 0 radical (unpaired) electrons. The zero-order valence-electron chi connectivity index (χ0n) is 10.7. The van der Waals surface area contributed by atoms with Gasteiger partial charge in [0.15, 0.2) is 0 Å². The minimum atomic E-state index is -2.61. The highest BCUT2D eigenvalue weighted by Gasteiger charge is 2.21. The summed E-state index contributed by atoms with van der Waals surface area (Å²) in [5.74, 6) is 0. The Morgan fingerprint density at radius 3 is 1.75 bits per heavy atom. The maximum absolute atomic E-state index is 11.5. The van der Waals surface area contributed by atoms with Crippen molar-refractivity contribution >= 4 is 24.4 Å². The van der Waals surface area contributed by atoms with E-state index in [1.807, 2.05) is 66.7 Å². The molecule has 0 aliphatic heterocycles. The maximum Gasteiger partial charge on any atom is 0.144 e. The molecule has 0 heterocycles. The molecule has 2 aromatic rings. The SMILES string of the molecule is [O-][P+]([O-])=C1C=CC(c2ccccc2)=C1c1ccccc1. The van der Waals surface area contributed by atoms with Crippen molar-refractivity contribution in [3.63, 3.8) is 0 Å². The molecule has 2 aromatic carbocycles. The highest BCUT2D eigenvalue weighted by atomic mass is 31.1. The summed E-state index contributed by atoms with van der Waals surface area (Å²) in [5, 5.41) is 0.380. The van der Waals surface area contributed by atoms with Crippen LogP contribution >= 0.6 is 8.00 Å². The number of hydrogen-bond acceptors (Lipinski definition) is 2. The summed E-state index contributed by atoms with van der Waals surface area (Å²) in [6.07, 6.45) is 3.55. The lowest BCUT2D eigenvalue weighted by Crippen LogP contribution is -2.10. The van der Waals surface area contributed by atoms with E-state index in [1.165, 1.54) is 0 Å². The fourth-order valence-corrected chi connectivity index (χ4v) is 3.01. The number of allylic oxidation sites excluding steroid dienone is 4. The average Bonchev–Trinajstić information content (AvgIpc) is 2.94. The van der Waals surface area contributed by atoms with Crippen molar-refractivity contribution in [2.45, 2.75) is 0 Å². The lowest BCUT2D eigenvalue weighted by atomic mass is 9.97. The molecule has 3 rings (SSSR count). The molecule has 98 valence electrons. The van der Waals surface area contributed by atoms with Gasteiger partial charge in [0, 0.05) is 13.6 Å². The highest BCUT2D eigenvalue weighted by molar-refractivity contribution is 7.46. The number of rotatable bonds is 2. The fraction of sp³-hybridized carbons (Fsp3) is 0. The van der Waals surface area contributed by atoms with Gasteiger partial charge in [-0.15, -0.1) is 0 Å². The second-order valence-electron chi connectivity index (χ2n) is 4.50. The average molecular weight is 279 g/mol. The smallest absolute Gasteiger partial charge is 0.144 e. The molecule has 0 N–H and O–H groups in total. The van der Waals surface area contributed by atoms with E-state index in [0.717, 1.165) is 22.3 Å². The van der Waals surface area contributed by atoms with Crippen LogP contribution in [-0.2, 0) is 0 Å². The molecule has 20 heavy (non-hydrogen) atoms. The van der Waals surface area contributed by atoms with Crippen LogP contribution in [0, 0.1) is 0 Å². The van der Waals surface area contributed by atoms with Crippen molar-refractivity contribution in [1.29, 1.82) is 0 Å². The molecule has 0 unspecified atom stereocenters. The van der Waals surface area contributed by atoms with E-state index in [2.05, 4.69) is 0 Å². The predicted molar refractivity (Wildman–Crippen MR) is 80.8 cm³/mol. The first-order valence-corrected chi connectivity index (χ1v) is 7.50. The van der Waals surface area contributed by atoms with Gasteiger partial charge in [0.1, 0.15) is 5.29 Å². The van der Waals surface area contributed by atoms with Crippen molar-refractivity contribution in [3.8, 4) is 0 Å². The summed E-state index contributed by atoms with van der Waals surface area (Å²) in [6.45, 7) is 0. The first-order chi connectivity index (χ1) is 9.77. The summed E-state index contributed by atoms with van der Waals surface area (Å²) >= 11 is 0. The van der Waals surface area contributed by atoms with E-state index in [4.69, 9.17) is 0 Å². The van der Waals surface area contributed by atoms with Crippen LogP contribution in [0.4, 0.5) is 0 Å². The van der Waals surface area contributed by atoms with Gasteiger partial charge in [-0.2, -0.15) is 0 Å². The summed E-state index contributed by atoms with van der Waals surface area (Å²) in [6, 6.07) is 19.5. The zero-order chi connectivity index (χ0) is 13.9. The van der Waals surface area contributed by atoms with Gasteiger partial charge < -0.3 is 9.79 Å². The molecule has 0 bridgehead atoms. The van der Waals surface area contributed by atoms with Gasteiger partial charge >= 0.3 is 0 Å². The molecule has 0 aromatic heterocycles. The summed E-state index contributed by atoms with van der Waals surface area (Å²) in [4.78, 5) is 23.0. The van der Waals surface area contributed by atoms with E-state index in [-0.39, 0.29) is 0 Å². The molecule has 0 fully saturated rings. The van der Waals surface area contributed by atoms with Crippen molar-refractivity contribution in [3.05, 3.63) is 83.9 Å². The predicted octanol–water partition coefficient (Wildman–Crippen LogP) is 2.37. The number of benzene rings is 2. The molecule has 0 amide bonds. The van der Waals surface area contributed by atoms with E-state index in [1.54, 1.807) is 6.08 Å². The lowest BCUT2D eigenvalue weighted by Gasteiger charge is -2.11. The Labute approximate surface area is 118 Å². The van der Waals surface area contributed by atoms with Crippen LogP contribution in [0.25, 0.3) is 11.1 Å². The summed E-state index contributed by atoms with van der Waals surface area (Å²) < 4.78 is 0. The van der Waals surface area contributed by atoms with Crippen LogP contribution < -0.4 is 9.79 Å². The molecule has 0 saturated heterocycles. The Bertz CT molecular complexity index is 709. The fourth-order valence-electron chi connectivity index (χ4n) is 2.39. The summed E-state index contributed by atoms with van der Waals surface area (Å²) in [5.41, 5.74) is 3.68. The monoisotopic (exact) mass is 279 g/mol. The Balaban J connectivity index is 2.24. The Morgan fingerprint density at radius 2 is 1.20 bits per heavy atom. The van der Waals surface area contributed by atoms with Crippen molar-refractivity contribution < 1.29 is 9.79 Å². The summed E-state index contributed by atoms with van der Waals surface area (Å²) in [7, 11) is -2.61. The first kappa shape index (κ1) is 13.0. The molecule has 3 heteroatoms. The van der Waals surface area contributed by atoms with E-state index >= 15 is 0 Å². The normalized spacial score (nSPS) is 14.0. The van der Waals surface area contributed by atoms with Crippen molar-refractivity contribution in [2.75, 3.05) is 0 Å². The Kier molecular flexibility index (Phi) is 3.62. The molecule has 1 aliphatic carbocycles. The van der Waals surface area contributed by atoms with Crippen LogP contribution in [-0.4, -0.2) is 5.29 Å². The maximum atomic E-state index is 11.5.